The predicted molar refractivity (Wildman–Crippen MR) is 102 cm³/mol. The van der Waals surface area contributed by atoms with Gasteiger partial charge in [-0.25, -0.2) is 4.39 Å². The maximum absolute atomic E-state index is 12.9. The van der Waals surface area contributed by atoms with Crippen molar-refractivity contribution in [3.8, 4) is 11.5 Å². The number of ether oxygens (including phenoxy) is 3. The van der Waals surface area contributed by atoms with Gasteiger partial charge in [-0.1, -0.05) is 6.07 Å². The fraction of sp³-hybridized carbons (Fsp3) is 0.300. The van der Waals surface area contributed by atoms with Crippen molar-refractivity contribution < 1.29 is 28.2 Å². The lowest BCUT2D eigenvalue weighted by molar-refractivity contribution is -0.154. The van der Waals surface area contributed by atoms with Gasteiger partial charge in [0.2, 0.25) is 6.79 Å². The number of hydrogen-bond acceptors (Lipinski definition) is 6. The van der Waals surface area contributed by atoms with E-state index in [2.05, 4.69) is 5.32 Å². The molecular weight excluding hydrogens is 385 g/mol. The molecule has 8 heteroatoms. The fourth-order valence-corrected chi connectivity index (χ4v) is 3.31. The second-order valence-corrected chi connectivity index (χ2v) is 7.26. The molecule has 0 aliphatic carbocycles. The van der Waals surface area contributed by atoms with E-state index >= 15 is 0 Å². The Kier molecular flexibility index (Phi) is 6.76. The number of fused-ring (bicyclic) bond motifs is 1. The first-order chi connectivity index (χ1) is 13.5. The average molecular weight is 405 g/mol. The average Bonchev–Trinajstić information content (AvgIpc) is 3.15. The Hall–Kier alpha value is -2.74. The second-order valence-electron chi connectivity index (χ2n) is 6.09. The number of carbonyl (C=O) groups excluding carboxylic acids is 2. The highest BCUT2D eigenvalue weighted by atomic mass is 32.2. The number of rotatable bonds is 8. The van der Waals surface area contributed by atoms with Crippen LogP contribution in [0.1, 0.15) is 18.9 Å². The molecule has 148 valence electrons. The summed E-state index contributed by atoms with van der Waals surface area (Å²) in [5.74, 6) is 0.665. The number of carbonyl (C=O) groups is 2. The zero-order chi connectivity index (χ0) is 19.9. The fourth-order valence-electron chi connectivity index (χ4n) is 2.48. The molecule has 0 spiro atoms. The summed E-state index contributed by atoms with van der Waals surface area (Å²) in [7, 11) is 0. The van der Waals surface area contributed by atoms with Gasteiger partial charge in [-0.2, -0.15) is 0 Å². The lowest BCUT2D eigenvalue weighted by Gasteiger charge is -2.13. The van der Waals surface area contributed by atoms with Gasteiger partial charge in [-0.15, -0.1) is 11.8 Å². The Bertz CT molecular complexity index is 843. The lowest BCUT2D eigenvalue weighted by atomic mass is 10.2. The molecule has 0 saturated heterocycles. The summed E-state index contributed by atoms with van der Waals surface area (Å²) in [5.41, 5.74) is 0.854. The standard InChI is InChI=1S/C20H20FNO5S/c1-13(27-19(23)8-9-28-16-5-3-15(21)4-6-16)20(24)22-11-14-2-7-17-18(10-14)26-12-25-17/h2-7,10,13H,8-9,11-12H2,1H3,(H,22,24). The maximum Gasteiger partial charge on any atom is 0.307 e. The Balaban J connectivity index is 1.37. The smallest absolute Gasteiger partial charge is 0.307 e. The number of hydrogen-bond donors (Lipinski definition) is 1. The molecule has 1 heterocycles. The van der Waals surface area contributed by atoms with Crippen LogP contribution < -0.4 is 14.8 Å². The Morgan fingerprint density at radius 2 is 1.93 bits per heavy atom. The van der Waals surface area contributed by atoms with E-state index in [4.69, 9.17) is 14.2 Å². The number of esters is 1. The highest BCUT2D eigenvalue weighted by Crippen LogP contribution is 2.32. The van der Waals surface area contributed by atoms with E-state index in [0.717, 1.165) is 10.5 Å². The molecule has 1 N–H and O–H groups in total. The monoisotopic (exact) mass is 405 g/mol. The first kappa shape index (κ1) is 20.0. The summed E-state index contributed by atoms with van der Waals surface area (Å²) < 4.78 is 28.6. The van der Waals surface area contributed by atoms with Gasteiger partial charge in [-0.3, -0.25) is 9.59 Å². The van der Waals surface area contributed by atoms with Crippen molar-refractivity contribution in [1.82, 2.24) is 5.32 Å². The van der Waals surface area contributed by atoms with Crippen LogP contribution in [0.3, 0.4) is 0 Å². The Labute approximate surface area is 166 Å². The second kappa shape index (κ2) is 9.45. The highest BCUT2D eigenvalue weighted by Gasteiger charge is 2.18. The molecule has 1 aliphatic rings. The number of thioether (sulfide) groups is 1. The van der Waals surface area contributed by atoms with Gasteiger partial charge < -0.3 is 19.5 Å². The van der Waals surface area contributed by atoms with Crippen LogP contribution in [0.15, 0.2) is 47.4 Å². The normalized spacial score (nSPS) is 13.1. The molecule has 1 unspecified atom stereocenters. The van der Waals surface area contributed by atoms with Crippen molar-refractivity contribution in [2.75, 3.05) is 12.5 Å². The van der Waals surface area contributed by atoms with E-state index in [-0.39, 0.29) is 31.5 Å². The third-order valence-corrected chi connectivity index (χ3v) is 4.98. The van der Waals surface area contributed by atoms with Crippen molar-refractivity contribution >= 4 is 23.6 Å². The summed E-state index contributed by atoms with van der Waals surface area (Å²) in [5, 5.41) is 2.73. The zero-order valence-corrected chi connectivity index (χ0v) is 16.1. The SMILES string of the molecule is CC(OC(=O)CCSc1ccc(F)cc1)C(=O)NCc1ccc2c(c1)OCO2. The Morgan fingerprint density at radius 1 is 1.18 bits per heavy atom. The molecule has 3 rings (SSSR count). The van der Waals surface area contributed by atoms with Crippen molar-refractivity contribution in [3.05, 3.63) is 53.8 Å². The largest absolute Gasteiger partial charge is 0.454 e. The summed E-state index contributed by atoms with van der Waals surface area (Å²) in [6.07, 6.45) is -0.737. The molecule has 1 atom stereocenters. The quantitative estimate of drug-likeness (QED) is 0.537. The molecule has 6 nitrogen and oxygen atoms in total. The van der Waals surface area contributed by atoms with Gasteiger partial charge in [0.05, 0.1) is 6.42 Å². The molecular formula is C20H20FNO5S. The third-order valence-electron chi connectivity index (χ3n) is 3.97. The van der Waals surface area contributed by atoms with Crippen LogP contribution in [0.25, 0.3) is 0 Å². The van der Waals surface area contributed by atoms with Crippen molar-refractivity contribution in [2.24, 2.45) is 0 Å². The topological polar surface area (TPSA) is 73.9 Å². The molecule has 1 aliphatic heterocycles. The van der Waals surface area contributed by atoms with Crippen LogP contribution in [0.4, 0.5) is 4.39 Å². The minimum absolute atomic E-state index is 0.155. The van der Waals surface area contributed by atoms with E-state index in [1.807, 2.05) is 6.07 Å². The van der Waals surface area contributed by atoms with Crippen LogP contribution in [-0.2, 0) is 20.9 Å². The Morgan fingerprint density at radius 3 is 2.71 bits per heavy atom. The van der Waals surface area contributed by atoms with E-state index in [9.17, 15) is 14.0 Å². The molecule has 28 heavy (non-hydrogen) atoms. The number of halogens is 1. The zero-order valence-electron chi connectivity index (χ0n) is 15.3. The maximum atomic E-state index is 12.9. The molecule has 1 amide bonds. The minimum atomic E-state index is -0.891. The molecule has 0 saturated carbocycles. The van der Waals surface area contributed by atoms with Crippen LogP contribution >= 0.6 is 11.8 Å². The van der Waals surface area contributed by atoms with Gasteiger partial charge in [-0.05, 0) is 48.9 Å². The molecule has 0 radical (unpaired) electrons. The number of benzene rings is 2. The first-order valence-electron chi connectivity index (χ1n) is 8.75. The van der Waals surface area contributed by atoms with Gasteiger partial charge in [0.15, 0.2) is 17.6 Å². The van der Waals surface area contributed by atoms with Crippen molar-refractivity contribution in [1.29, 1.82) is 0 Å². The summed E-state index contributed by atoms with van der Waals surface area (Å²) >= 11 is 1.42. The third kappa shape index (κ3) is 5.63. The van der Waals surface area contributed by atoms with Crippen LogP contribution in [0.5, 0.6) is 11.5 Å². The molecule has 0 bridgehead atoms. The van der Waals surface area contributed by atoms with Crippen LogP contribution in [0.2, 0.25) is 0 Å². The lowest BCUT2D eigenvalue weighted by Crippen LogP contribution is -2.35. The first-order valence-corrected chi connectivity index (χ1v) is 9.74. The molecule has 2 aromatic rings. The van der Waals surface area contributed by atoms with E-state index in [1.54, 1.807) is 24.3 Å². The van der Waals surface area contributed by atoms with E-state index in [0.29, 0.717) is 17.3 Å². The van der Waals surface area contributed by atoms with Gasteiger partial charge in [0.25, 0.3) is 5.91 Å². The predicted octanol–water partition coefficient (Wildman–Crippen LogP) is 3.28. The van der Waals surface area contributed by atoms with E-state index in [1.165, 1.54) is 30.8 Å². The molecule has 2 aromatic carbocycles. The molecule has 0 fully saturated rings. The highest BCUT2D eigenvalue weighted by molar-refractivity contribution is 7.99. The van der Waals surface area contributed by atoms with E-state index < -0.39 is 12.1 Å². The van der Waals surface area contributed by atoms with Gasteiger partial charge in [0, 0.05) is 17.2 Å². The van der Waals surface area contributed by atoms with Crippen molar-refractivity contribution in [2.45, 2.75) is 30.9 Å². The van der Waals surface area contributed by atoms with Crippen LogP contribution in [0, 0.1) is 5.82 Å². The number of amides is 1. The van der Waals surface area contributed by atoms with Crippen LogP contribution in [-0.4, -0.2) is 30.5 Å². The summed E-state index contributed by atoms with van der Waals surface area (Å²) in [6.45, 7) is 2.01. The number of nitrogens with one attached hydrogen (secondary N) is 1. The van der Waals surface area contributed by atoms with Gasteiger partial charge in [0.1, 0.15) is 5.82 Å². The minimum Gasteiger partial charge on any atom is -0.454 e. The van der Waals surface area contributed by atoms with Crippen molar-refractivity contribution in [3.63, 3.8) is 0 Å². The summed E-state index contributed by atoms with van der Waals surface area (Å²) in [4.78, 5) is 24.9. The molecule has 0 aromatic heterocycles. The van der Waals surface area contributed by atoms with Gasteiger partial charge >= 0.3 is 5.97 Å². The summed E-state index contributed by atoms with van der Waals surface area (Å²) in [6, 6.07) is 11.4.